The minimum Gasteiger partial charge on any atom is -0.369 e. The summed E-state index contributed by atoms with van der Waals surface area (Å²) in [6.45, 7) is 4.72. The summed E-state index contributed by atoms with van der Waals surface area (Å²) in [7, 11) is 0. The van der Waals surface area contributed by atoms with Gasteiger partial charge < -0.3 is 5.73 Å². The number of likely N-dealkylation sites (tertiary alicyclic amines) is 1. The van der Waals surface area contributed by atoms with Crippen LogP contribution < -0.4 is 5.73 Å². The Kier molecular flexibility index (Phi) is 3.45. The minimum absolute atomic E-state index is 0.00421. The second-order valence-electron chi connectivity index (χ2n) is 5.86. The lowest BCUT2D eigenvalue weighted by Crippen LogP contribution is -2.29. The highest BCUT2D eigenvalue weighted by Gasteiger charge is 2.33. The normalized spacial score (nSPS) is 23.2. The summed E-state index contributed by atoms with van der Waals surface area (Å²) in [6.07, 6.45) is 0. The van der Waals surface area contributed by atoms with Crippen molar-refractivity contribution in [1.29, 1.82) is 0 Å². The van der Waals surface area contributed by atoms with Gasteiger partial charge >= 0.3 is 0 Å². The number of fused-ring (bicyclic) bond motifs is 1. The molecule has 0 spiro atoms. The molecule has 104 valence electrons. The number of nitrogens with two attached hydrogens (primary N) is 1. The van der Waals surface area contributed by atoms with Crippen LogP contribution in [0.1, 0.15) is 12.5 Å². The van der Waals surface area contributed by atoms with Gasteiger partial charge in [-0.2, -0.15) is 0 Å². The van der Waals surface area contributed by atoms with Crippen LogP contribution in [0.3, 0.4) is 0 Å². The number of hydrogen-bond acceptors (Lipinski definition) is 2. The fourth-order valence-electron chi connectivity index (χ4n) is 3.16. The van der Waals surface area contributed by atoms with Gasteiger partial charge in [0.05, 0.1) is 5.92 Å². The van der Waals surface area contributed by atoms with Gasteiger partial charge in [0.25, 0.3) is 0 Å². The Hall–Kier alpha value is -1.87. The summed E-state index contributed by atoms with van der Waals surface area (Å²) in [4.78, 5) is 13.7. The zero-order valence-electron chi connectivity index (χ0n) is 11.8. The molecule has 2 N–H and O–H groups in total. The lowest BCUT2D eigenvalue weighted by Gasteiger charge is -2.15. The molecule has 2 aromatic carbocycles. The number of nitrogens with zero attached hydrogens (tertiary/aromatic N) is 1. The van der Waals surface area contributed by atoms with E-state index >= 15 is 0 Å². The van der Waals surface area contributed by atoms with Crippen LogP contribution >= 0.6 is 0 Å². The van der Waals surface area contributed by atoms with E-state index in [0.717, 1.165) is 19.6 Å². The Morgan fingerprint density at radius 3 is 2.65 bits per heavy atom. The second-order valence-corrected chi connectivity index (χ2v) is 5.86. The van der Waals surface area contributed by atoms with Gasteiger partial charge in [-0.3, -0.25) is 9.69 Å². The van der Waals surface area contributed by atoms with E-state index in [0.29, 0.717) is 5.92 Å². The van der Waals surface area contributed by atoms with Gasteiger partial charge in [-0.15, -0.1) is 0 Å². The number of hydrogen-bond donors (Lipinski definition) is 1. The first kappa shape index (κ1) is 13.1. The molecule has 1 heterocycles. The van der Waals surface area contributed by atoms with Crippen LogP contribution in [-0.2, 0) is 11.3 Å². The summed E-state index contributed by atoms with van der Waals surface area (Å²) in [6, 6.07) is 14.9. The van der Waals surface area contributed by atoms with Gasteiger partial charge in [-0.25, -0.2) is 0 Å². The third-order valence-corrected chi connectivity index (χ3v) is 4.27. The molecule has 3 rings (SSSR count). The maximum Gasteiger partial charge on any atom is 0.222 e. The van der Waals surface area contributed by atoms with Crippen molar-refractivity contribution >= 4 is 16.7 Å². The van der Waals surface area contributed by atoms with E-state index in [-0.39, 0.29) is 11.8 Å². The predicted octanol–water partition coefficient (Wildman–Crippen LogP) is 2.39. The number of benzene rings is 2. The van der Waals surface area contributed by atoms with E-state index in [2.05, 4.69) is 54.3 Å². The number of carbonyl (C=O) groups is 1. The fourth-order valence-corrected chi connectivity index (χ4v) is 3.16. The minimum atomic E-state index is -0.168. The molecule has 2 atom stereocenters. The topological polar surface area (TPSA) is 46.3 Å². The highest BCUT2D eigenvalue weighted by atomic mass is 16.1. The van der Waals surface area contributed by atoms with Gasteiger partial charge in [0.15, 0.2) is 0 Å². The van der Waals surface area contributed by atoms with Crippen LogP contribution in [0.15, 0.2) is 42.5 Å². The molecule has 0 unspecified atom stereocenters. The number of rotatable bonds is 3. The number of primary amides is 1. The fraction of sp³-hybridized carbons (Fsp3) is 0.353. The van der Waals surface area contributed by atoms with Crippen LogP contribution in [0.4, 0.5) is 0 Å². The third-order valence-electron chi connectivity index (χ3n) is 4.27. The first-order chi connectivity index (χ1) is 9.63. The maximum absolute atomic E-state index is 11.4. The van der Waals surface area contributed by atoms with Crippen molar-refractivity contribution in [2.75, 3.05) is 13.1 Å². The smallest absolute Gasteiger partial charge is 0.222 e. The summed E-state index contributed by atoms with van der Waals surface area (Å²) in [5, 5.41) is 2.53. The quantitative estimate of drug-likeness (QED) is 0.929. The Labute approximate surface area is 119 Å². The van der Waals surface area contributed by atoms with Gasteiger partial charge in [0, 0.05) is 19.6 Å². The second kappa shape index (κ2) is 5.25. The van der Waals surface area contributed by atoms with E-state index in [4.69, 9.17) is 5.73 Å². The van der Waals surface area contributed by atoms with Crippen molar-refractivity contribution in [2.24, 2.45) is 17.6 Å². The molecule has 0 bridgehead atoms. The standard InChI is InChI=1S/C17H20N2O/c1-12-9-19(11-16(12)17(18)20)10-13-6-7-14-4-2-3-5-15(14)8-13/h2-8,12,16H,9-11H2,1H3,(H2,18,20)/t12-,16-/m1/s1. The average molecular weight is 268 g/mol. The summed E-state index contributed by atoms with van der Waals surface area (Å²) < 4.78 is 0. The monoisotopic (exact) mass is 268 g/mol. The Morgan fingerprint density at radius 2 is 1.95 bits per heavy atom. The molecule has 1 fully saturated rings. The van der Waals surface area contributed by atoms with Crippen molar-refractivity contribution < 1.29 is 4.79 Å². The number of amides is 1. The molecule has 3 heteroatoms. The highest BCUT2D eigenvalue weighted by Crippen LogP contribution is 2.25. The van der Waals surface area contributed by atoms with Crippen molar-refractivity contribution in [3.8, 4) is 0 Å². The van der Waals surface area contributed by atoms with Crippen molar-refractivity contribution in [1.82, 2.24) is 4.90 Å². The highest BCUT2D eigenvalue weighted by molar-refractivity contribution is 5.83. The van der Waals surface area contributed by atoms with E-state index in [1.54, 1.807) is 0 Å². The molecule has 0 saturated carbocycles. The van der Waals surface area contributed by atoms with E-state index in [1.807, 2.05) is 0 Å². The lowest BCUT2D eigenvalue weighted by molar-refractivity contribution is -0.122. The van der Waals surface area contributed by atoms with Crippen molar-refractivity contribution in [3.63, 3.8) is 0 Å². The van der Waals surface area contributed by atoms with Crippen LogP contribution in [0.5, 0.6) is 0 Å². The van der Waals surface area contributed by atoms with E-state index in [9.17, 15) is 4.79 Å². The largest absolute Gasteiger partial charge is 0.369 e. The zero-order valence-corrected chi connectivity index (χ0v) is 11.8. The number of carbonyl (C=O) groups excluding carboxylic acids is 1. The van der Waals surface area contributed by atoms with Crippen LogP contribution in [0, 0.1) is 11.8 Å². The van der Waals surface area contributed by atoms with Crippen LogP contribution in [0.2, 0.25) is 0 Å². The molecule has 2 aromatic rings. The van der Waals surface area contributed by atoms with Crippen LogP contribution in [0.25, 0.3) is 10.8 Å². The van der Waals surface area contributed by atoms with E-state index in [1.165, 1.54) is 16.3 Å². The molecular formula is C17H20N2O. The molecule has 1 saturated heterocycles. The van der Waals surface area contributed by atoms with Gasteiger partial charge in [0.2, 0.25) is 5.91 Å². The molecule has 20 heavy (non-hydrogen) atoms. The maximum atomic E-state index is 11.4. The van der Waals surface area contributed by atoms with Crippen molar-refractivity contribution in [3.05, 3.63) is 48.0 Å². The summed E-state index contributed by atoms with van der Waals surface area (Å²) in [5.41, 5.74) is 6.75. The van der Waals surface area contributed by atoms with Crippen LogP contribution in [-0.4, -0.2) is 23.9 Å². The van der Waals surface area contributed by atoms with E-state index < -0.39 is 0 Å². The molecule has 0 aliphatic carbocycles. The molecule has 0 aromatic heterocycles. The SMILES string of the molecule is C[C@@H]1CN(Cc2ccc3ccccc3c2)C[C@H]1C(N)=O. The molecule has 3 nitrogen and oxygen atoms in total. The molecule has 1 amide bonds. The zero-order chi connectivity index (χ0) is 14.1. The Morgan fingerprint density at radius 1 is 1.20 bits per heavy atom. The molecule has 0 radical (unpaired) electrons. The predicted molar refractivity (Wildman–Crippen MR) is 81.1 cm³/mol. The lowest BCUT2D eigenvalue weighted by atomic mass is 9.98. The third kappa shape index (κ3) is 2.54. The van der Waals surface area contributed by atoms with Gasteiger partial charge in [-0.05, 0) is 28.3 Å². The van der Waals surface area contributed by atoms with Gasteiger partial charge in [-0.1, -0.05) is 43.3 Å². The molecular weight excluding hydrogens is 248 g/mol. The first-order valence-corrected chi connectivity index (χ1v) is 7.13. The summed E-state index contributed by atoms with van der Waals surface area (Å²) in [5.74, 6) is 0.182. The Bertz CT molecular complexity index is 638. The Balaban J connectivity index is 1.75. The average Bonchev–Trinajstić information content (AvgIpc) is 2.79. The van der Waals surface area contributed by atoms with Crippen molar-refractivity contribution in [2.45, 2.75) is 13.5 Å². The van der Waals surface area contributed by atoms with Gasteiger partial charge in [0.1, 0.15) is 0 Å². The molecule has 1 aliphatic rings. The first-order valence-electron chi connectivity index (χ1n) is 7.13. The summed E-state index contributed by atoms with van der Waals surface area (Å²) >= 11 is 0. The molecule has 1 aliphatic heterocycles.